The van der Waals surface area contributed by atoms with Crippen molar-refractivity contribution in [3.8, 4) is 0 Å². The third-order valence-electron chi connectivity index (χ3n) is 5.75. The molecule has 0 aliphatic heterocycles. The Morgan fingerprint density at radius 2 is 1.97 bits per heavy atom. The van der Waals surface area contributed by atoms with Crippen LogP contribution in [0.4, 0.5) is 0 Å². The molecule has 0 unspecified atom stereocenters. The van der Waals surface area contributed by atoms with E-state index < -0.39 is 0 Å². The van der Waals surface area contributed by atoms with Crippen LogP contribution in [0, 0.1) is 6.92 Å². The quantitative estimate of drug-likeness (QED) is 0.304. The van der Waals surface area contributed by atoms with E-state index in [-0.39, 0.29) is 29.4 Å². The summed E-state index contributed by atoms with van der Waals surface area (Å²) in [4.78, 5) is 4.75. The van der Waals surface area contributed by atoms with Crippen molar-refractivity contribution >= 4 is 45.9 Å². The van der Waals surface area contributed by atoms with E-state index in [1.54, 1.807) is 0 Å². The van der Waals surface area contributed by atoms with Crippen molar-refractivity contribution in [1.29, 1.82) is 0 Å². The van der Waals surface area contributed by atoms with Crippen LogP contribution in [0.25, 0.3) is 0 Å². The van der Waals surface area contributed by atoms with E-state index in [0.717, 1.165) is 35.2 Å². The number of aryl methyl sites for hydroxylation is 1. The van der Waals surface area contributed by atoms with Gasteiger partial charge >= 0.3 is 0 Å². The van der Waals surface area contributed by atoms with Gasteiger partial charge in [0.2, 0.25) is 0 Å². The smallest absolute Gasteiger partial charge is 0.191 e. The Bertz CT molecular complexity index is 813. The molecule has 1 aromatic carbocycles. The lowest BCUT2D eigenvalue weighted by Crippen LogP contribution is -2.46. The van der Waals surface area contributed by atoms with E-state index in [1.165, 1.54) is 37.7 Å². The molecular weight excluding hydrogens is 543 g/mol. The Labute approximate surface area is 199 Å². The molecule has 0 bridgehead atoms. The van der Waals surface area contributed by atoms with Gasteiger partial charge in [0.15, 0.2) is 11.8 Å². The molecule has 2 N–H and O–H groups in total. The molecule has 3 rings (SSSR count). The van der Waals surface area contributed by atoms with Gasteiger partial charge in [-0.1, -0.05) is 47.3 Å². The molecule has 8 heteroatoms. The number of benzene rings is 1. The highest BCUT2D eigenvalue weighted by atomic mass is 127. The normalized spacial score (nSPS) is 16.2. The fraction of sp³-hybridized carbons (Fsp3) is 0.571. The first-order valence-corrected chi connectivity index (χ1v) is 11.0. The lowest BCUT2D eigenvalue weighted by atomic mass is 9.69. The Kier molecular flexibility index (Phi) is 9.39. The molecule has 2 aromatic rings. The minimum atomic E-state index is 0. The number of rotatable bonds is 6. The summed E-state index contributed by atoms with van der Waals surface area (Å²) in [5.41, 5.74) is 1.56. The fourth-order valence-corrected chi connectivity index (χ4v) is 4.35. The van der Waals surface area contributed by atoms with Crippen LogP contribution in [0.15, 0.2) is 33.7 Å². The molecule has 0 radical (unpaired) electrons. The van der Waals surface area contributed by atoms with Gasteiger partial charge < -0.3 is 15.2 Å². The summed E-state index contributed by atoms with van der Waals surface area (Å²) >= 11 is 3.65. The van der Waals surface area contributed by atoms with Crippen LogP contribution >= 0.6 is 39.9 Å². The van der Waals surface area contributed by atoms with Crippen LogP contribution in [0.1, 0.15) is 56.2 Å². The molecule has 1 heterocycles. The Hall–Kier alpha value is -1.16. The van der Waals surface area contributed by atoms with Crippen LogP contribution in [0.5, 0.6) is 0 Å². The summed E-state index contributed by atoms with van der Waals surface area (Å²) in [6, 6.07) is 8.79. The van der Waals surface area contributed by atoms with Crippen LogP contribution < -0.4 is 10.6 Å². The van der Waals surface area contributed by atoms with Crippen LogP contribution in [0.3, 0.4) is 0 Å². The zero-order valence-electron chi connectivity index (χ0n) is 17.5. The first kappa shape index (κ1) is 24.1. The summed E-state index contributed by atoms with van der Waals surface area (Å²) in [5, 5.41) is 15.3. The molecule has 1 fully saturated rings. The molecule has 0 atom stereocenters. The highest BCUT2D eigenvalue weighted by molar-refractivity contribution is 14.0. The SMILES string of the molecule is CCNC(=NCc1nnc(C)n1C)NCC1(c2cccc(Br)c2)CCCCC1.I. The van der Waals surface area contributed by atoms with E-state index in [1.807, 2.05) is 18.5 Å². The standard InChI is InChI=1S/C21H31BrN6.HI/c1-4-23-20(24-14-19-27-26-16(2)28(19)3)25-15-21(11-6-5-7-12-21)17-9-8-10-18(22)13-17;/h8-10,13H,4-7,11-12,14-15H2,1-3H3,(H2,23,24,25);1H. The predicted octanol–water partition coefficient (Wildman–Crippen LogP) is 4.46. The fourth-order valence-electron chi connectivity index (χ4n) is 3.95. The number of hydrogen-bond donors (Lipinski definition) is 2. The van der Waals surface area contributed by atoms with Crippen LogP contribution in [0.2, 0.25) is 0 Å². The zero-order valence-corrected chi connectivity index (χ0v) is 21.5. The van der Waals surface area contributed by atoms with E-state index in [4.69, 9.17) is 4.99 Å². The van der Waals surface area contributed by atoms with E-state index in [2.05, 4.69) is 68.0 Å². The number of aromatic nitrogens is 3. The van der Waals surface area contributed by atoms with Crippen molar-refractivity contribution in [2.24, 2.45) is 12.0 Å². The molecular formula is C21H32BrIN6. The monoisotopic (exact) mass is 574 g/mol. The van der Waals surface area contributed by atoms with Crippen LogP contribution in [-0.4, -0.2) is 33.8 Å². The number of hydrogen-bond acceptors (Lipinski definition) is 3. The highest BCUT2D eigenvalue weighted by Crippen LogP contribution is 2.39. The molecule has 1 aliphatic carbocycles. The average Bonchev–Trinajstić information content (AvgIpc) is 3.03. The van der Waals surface area contributed by atoms with Gasteiger partial charge in [0.25, 0.3) is 0 Å². The minimum absolute atomic E-state index is 0. The number of guanidine groups is 1. The zero-order chi connectivity index (χ0) is 20.0. The van der Waals surface area contributed by atoms with Gasteiger partial charge in [0.1, 0.15) is 12.4 Å². The summed E-state index contributed by atoms with van der Waals surface area (Å²) in [6.45, 7) is 6.26. The average molecular weight is 575 g/mol. The third-order valence-corrected chi connectivity index (χ3v) is 6.24. The lowest BCUT2D eigenvalue weighted by Gasteiger charge is -2.38. The van der Waals surface area contributed by atoms with Gasteiger partial charge in [0.05, 0.1) is 0 Å². The van der Waals surface area contributed by atoms with E-state index in [0.29, 0.717) is 6.54 Å². The van der Waals surface area contributed by atoms with E-state index in [9.17, 15) is 0 Å². The van der Waals surface area contributed by atoms with Gasteiger partial charge in [-0.2, -0.15) is 0 Å². The maximum Gasteiger partial charge on any atom is 0.191 e. The summed E-state index contributed by atoms with van der Waals surface area (Å²) in [5.74, 6) is 2.61. The second-order valence-electron chi connectivity index (χ2n) is 7.62. The van der Waals surface area contributed by atoms with Gasteiger partial charge in [-0.25, -0.2) is 4.99 Å². The number of nitrogens with one attached hydrogen (secondary N) is 2. The van der Waals surface area contributed by atoms with Crippen molar-refractivity contribution in [2.75, 3.05) is 13.1 Å². The second kappa shape index (κ2) is 11.3. The lowest BCUT2D eigenvalue weighted by molar-refractivity contribution is 0.291. The van der Waals surface area contributed by atoms with E-state index >= 15 is 0 Å². The Morgan fingerprint density at radius 1 is 1.21 bits per heavy atom. The molecule has 1 saturated carbocycles. The van der Waals surface area contributed by atoms with Crippen molar-refractivity contribution in [1.82, 2.24) is 25.4 Å². The van der Waals surface area contributed by atoms with Crippen LogP contribution in [-0.2, 0) is 19.0 Å². The molecule has 0 spiro atoms. The molecule has 0 saturated heterocycles. The molecule has 160 valence electrons. The number of halogens is 2. The molecule has 6 nitrogen and oxygen atoms in total. The van der Waals surface area contributed by atoms with Crippen molar-refractivity contribution in [3.63, 3.8) is 0 Å². The van der Waals surface area contributed by atoms with Gasteiger partial charge in [-0.15, -0.1) is 34.2 Å². The van der Waals surface area contributed by atoms with Crippen molar-refractivity contribution in [3.05, 3.63) is 46.0 Å². The predicted molar refractivity (Wildman–Crippen MR) is 133 cm³/mol. The molecule has 0 amide bonds. The maximum atomic E-state index is 4.75. The first-order chi connectivity index (χ1) is 13.5. The topological polar surface area (TPSA) is 67.1 Å². The van der Waals surface area contributed by atoms with Crippen molar-refractivity contribution < 1.29 is 0 Å². The number of aliphatic imine (C=N–C) groups is 1. The molecule has 29 heavy (non-hydrogen) atoms. The maximum absolute atomic E-state index is 4.75. The summed E-state index contributed by atoms with van der Waals surface area (Å²) in [7, 11) is 1.98. The van der Waals surface area contributed by atoms with Gasteiger partial charge in [0, 0.05) is 30.0 Å². The summed E-state index contributed by atoms with van der Waals surface area (Å²) in [6.07, 6.45) is 6.30. The largest absolute Gasteiger partial charge is 0.357 e. The Balaban J connectivity index is 0.00000300. The van der Waals surface area contributed by atoms with Gasteiger partial charge in [-0.3, -0.25) is 0 Å². The molecule has 1 aliphatic rings. The highest BCUT2D eigenvalue weighted by Gasteiger charge is 2.34. The first-order valence-electron chi connectivity index (χ1n) is 10.2. The second-order valence-corrected chi connectivity index (χ2v) is 8.54. The van der Waals surface area contributed by atoms with Gasteiger partial charge in [-0.05, 0) is 44.4 Å². The number of nitrogens with zero attached hydrogens (tertiary/aromatic N) is 4. The third kappa shape index (κ3) is 6.16. The summed E-state index contributed by atoms with van der Waals surface area (Å²) < 4.78 is 3.13. The molecule has 1 aromatic heterocycles. The minimum Gasteiger partial charge on any atom is -0.357 e. The Morgan fingerprint density at radius 3 is 2.59 bits per heavy atom. The van der Waals surface area contributed by atoms with Crippen molar-refractivity contribution in [2.45, 2.75) is 57.9 Å².